The van der Waals surface area contributed by atoms with E-state index in [-0.39, 0.29) is 0 Å². The predicted molar refractivity (Wildman–Crippen MR) is 43.1 cm³/mol. The maximum atomic E-state index is 9.70. The molecule has 1 aromatic carbocycles. The van der Waals surface area contributed by atoms with Gasteiger partial charge in [-0.05, 0) is 12.1 Å². The summed E-state index contributed by atoms with van der Waals surface area (Å²) in [5, 5.41) is 0. The lowest BCUT2D eigenvalue weighted by atomic mass is 10.3. The van der Waals surface area contributed by atoms with Gasteiger partial charge in [0.15, 0.2) is 0 Å². The lowest BCUT2D eigenvalue weighted by molar-refractivity contribution is -0.115. The molecule has 61 valence electrons. The number of para-hydroxylation sites is 1. The van der Waals surface area contributed by atoms with Crippen LogP contribution < -0.4 is 10.1 Å². The molecule has 0 aliphatic carbocycles. The van der Waals surface area contributed by atoms with Gasteiger partial charge in [0.2, 0.25) is 6.41 Å². The summed E-state index contributed by atoms with van der Waals surface area (Å²) in [5.41, 5.74) is 1.96. The van der Waals surface area contributed by atoms with E-state index >= 15 is 0 Å². The Morgan fingerprint density at radius 2 is 2.08 bits per heavy atom. The number of amides is 1. The number of carbonyl (C=O) groups is 1. The van der Waals surface area contributed by atoms with Gasteiger partial charge in [0.25, 0.3) is 0 Å². The number of nitrogens with one attached hydrogen (secondary N) is 1. The van der Waals surface area contributed by atoms with Gasteiger partial charge in [0, 0.05) is 0 Å². The molecule has 0 spiro atoms. The van der Waals surface area contributed by atoms with Gasteiger partial charge in [-0.1, -0.05) is 18.2 Å². The van der Waals surface area contributed by atoms with Crippen LogP contribution in [0.3, 0.4) is 0 Å². The highest BCUT2D eigenvalue weighted by Gasteiger charge is 1.95. The van der Waals surface area contributed by atoms with Gasteiger partial charge in [0.1, 0.15) is 5.75 Å². The van der Waals surface area contributed by atoms with E-state index in [1.54, 1.807) is 12.1 Å². The molecular formula is C7H7BNO3. The Morgan fingerprint density at radius 3 is 2.75 bits per heavy atom. The second-order valence-electron chi connectivity index (χ2n) is 1.88. The van der Waals surface area contributed by atoms with Crippen molar-refractivity contribution >= 4 is 14.1 Å². The van der Waals surface area contributed by atoms with Gasteiger partial charge >= 0.3 is 7.69 Å². The van der Waals surface area contributed by atoms with Crippen LogP contribution in [0.5, 0.6) is 5.75 Å². The van der Waals surface area contributed by atoms with Crippen LogP contribution in [0.1, 0.15) is 0 Å². The largest absolute Gasteiger partial charge is 0.596 e. The predicted octanol–water partition coefficient (Wildman–Crippen LogP) is 0.277. The molecule has 1 aromatic rings. The zero-order valence-corrected chi connectivity index (χ0v) is 6.27. The van der Waals surface area contributed by atoms with Crippen molar-refractivity contribution in [1.29, 1.82) is 0 Å². The Morgan fingerprint density at radius 1 is 1.33 bits per heavy atom. The number of hydrogen-bond acceptors (Lipinski definition) is 3. The second-order valence-corrected chi connectivity index (χ2v) is 1.88. The quantitative estimate of drug-likeness (QED) is 0.294. The van der Waals surface area contributed by atoms with Crippen LogP contribution in [-0.2, 0) is 9.55 Å². The standard InChI is InChI=1S/C7H7BNO3/c10-6-9-12-8-11-7-4-2-1-3-5-7/h1-6H,(H,9,10). The van der Waals surface area contributed by atoms with E-state index in [4.69, 9.17) is 4.65 Å². The SMILES string of the molecule is O=CNO[B]Oc1ccccc1. The molecule has 1 amide bonds. The number of hydrogen-bond donors (Lipinski definition) is 1. The monoisotopic (exact) mass is 164 g/mol. The summed E-state index contributed by atoms with van der Waals surface area (Å²) >= 11 is 0. The van der Waals surface area contributed by atoms with E-state index in [0.29, 0.717) is 12.2 Å². The molecule has 5 heteroatoms. The first-order valence-electron chi connectivity index (χ1n) is 3.31. The van der Waals surface area contributed by atoms with Gasteiger partial charge < -0.3 is 4.65 Å². The van der Waals surface area contributed by atoms with Gasteiger partial charge in [0.05, 0.1) is 0 Å². The maximum Gasteiger partial charge on any atom is 0.596 e. The van der Waals surface area contributed by atoms with Crippen molar-refractivity contribution in [3.8, 4) is 5.75 Å². The van der Waals surface area contributed by atoms with E-state index < -0.39 is 0 Å². The fraction of sp³-hybridized carbons (Fsp3) is 0. The lowest BCUT2D eigenvalue weighted by Gasteiger charge is -2.01. The van der Waals surface area contributed by atoms with Crippen molar-refractivity contribution in [2.24, 2.45) is 0 Å². The van der Waals surface area contributed by atoms with Crippen LogP contribution in [0, 0.1) is 0 Å². The molecule has 12 heavy (non-hydrogen) atoms. The molecule has 1 N–H and O–H groups in total. The highest BCUT2D eigenvalue weighted by molar-refractivity contribution is 6.19. The van der Waals surface area contributed by atoms with Crippen molar-refractivity contribution in [2.45, 2.75) is 0 Å². The highest BCUT2D eigenvalue weighted by atomic mass is 16.7. The molecule has 0 saturated heterocycles. The first-order valence-corrected chi connectivity index (χ1v) is 3.31. The average molecular weight is 164 g/mol. The molecule has 4 nitrogen and oxygen atoms in total. The summed E-state index contributed by atoms with van der Waals surface area (Å²) in [6.07, 6.45) is 0.408. The van der Waals surface area contributed by atoms with Crippen molar-refractivity contribution in [1.82, 2.24) is 5.48 Å². The molecule has 0 unspecified atom stereocenters. The van der Waals surface area contributed by atoms with Crippen molar-refractivity contribution in [2.75, 3.05) is 0 Å². The third-order valence-electron chi connectivity index (χ3n) is 1.09. The summed E-state index contributed by atoms with van der Waals surface area (Å²) in [6, 6.07) is 9.06. The van der Waals surface area contributed by atoms with E-state index in [1.165, 1.54) is 0 Å². The molecule has 0 bridgehead atoms. The average Bonchev–Trinajstić information content (AvgIpc) is 2.14. The Bertz CT molecular complexity index is 229. The minimum absolute atomic E-state index is 0.408. The van der Waals surface area contributed by atoms with E-state index in [9.17, 15) is 4.79 Å². The van der Waals surface area contributed by atoms with Gasteiger partial charge in [-0.15, -0.1) is 0 Å². The molecular weight excluding hydrogens is 157 g/mol. The van der Waals surface area contributed by atoms with Gasteiger partial charge in [-0.2, -0.15) is 0 Å². The molecule has 1 radical (unpaired) electrons. The number of carbonyl (C=O) groups excluding carboxylic acids is 1. The Labute approximate surface area is 70.7 Å². The van der Waals surface area contributed by atoms with Gasteiger partial charge in [-0.25, -0.2) is 0 Å². The van der Waals surface area contributed by atoms with Crippen LogP contribution in [-0.4, -0.2) is 14.1 Å². The minimum atomic E-state index is 0.408. The molecule has 0 atom stereocenters. The molecule has 0 saturated carbocycles. The van der Waals surface area contributed by atoms with Gasteiger partial charge in [-0.3, -0.25) is 15.0 Å². The Balaban J connectivity index is 2.20. The lowest BCUT2D eigenvalue weighted by Crippen LogP contribution is -2.19. The van der Waals surface area contributed by atoms with Crippen LogP contribution in [0.4, 0.5) is 0 Å². The second kappa shape index (κ2) is 5.20. The molecule has 0 aliphatic heterocycles. The zero-order valence-electron chi connectivity index (χ0n) is 6.27. The smallest absolute Gasteiger partial charge is 0.536 e. The Kier molecular flexibility index (Phi) is 3.73. The number of benzene rings is 1. The van der Waals surface area contributed by atoms with E-state index in [0.717, 1.165) is 7.69 Å². The Hall–Kier alpha value is -1.49. The fourth-order valence-corrected chi connectivity index (χ4v) is 0.634. The van der Waals surface area contributed by atoms with E-state index in [1.807, 2.05) is 23.7 Å². The maximum absolute atomic E-state index is 9.70. The van der Waals surface area contributed by atoms with E-state index in [2.05, 4.69) is 4.76 Å². The number of rotatable bonds is 5. The van der Waals surface area contributed by atoms with Crippen LogP contribution in [0.15, 0.2) is 30.3 Å². The van der Waals surface area contributed by atoms with Crippen LogP contribution >= 0.6 is 0 Å². The third kappa shape index (κ3) is 3.07. The zero-order chi connectivity index (χ0) is 8.65. The van der Waals surface area contributed by atoms with Crippen molar-refractivity contribution in [3.05, 3.63) is 30.3 Å². The molecule has 0 heterocycles. The summed E-state index contributed by atoms with van der Waals surface area (Å²) in [6.45, 7) is 0. The molecule has 0 fully saturated rings. The highest BCUT2D eigenvalue weighted by Crippen LogP contribution is 2.06. The fourth-order valence-electron chi connectivity index (χ4n) is 0.634. The summed E-state index contributed by atoms with van der Waals surface area (Å²) < 4.78 is 9.36. The molecule has 0 aliphatic rings. The van der Waals surface area contributed by atoms with Crippen LogP contribution in [0.25, 0.3) is 0 Å². The minimum Gasteiger partial charge on any atom is -0.536 e. The van der Waals surface area contributed by atoms with Crippen molar-refractivity contribution < 1.29 is 14.2 Å². The molecule has 0 aromatic heterocycles. The topological polar surface area (TPSA) is 47.6 Å². The summed E-state index contributed by atoms with van der Waals surface area (Å²) in [5.74, 6) is 0.644. The van der Waals surface area contributed by atoms with Crippen molar-refractivity contribution in [3.63, 3.8) is 0 Å². The summed E-state index contributed by atoms with van der Waals surface area (Å²) in [4.78, 5) is 9.70. The first-order chi connectivity index (χ1) is 5.93. The third-order valence-corrected chi connectivity index (χ3v) is 1.09. The number of hydroxylamine groups is 1. The first kappa shape index (κ1) is 8.61. The molecule has 1 rings (SSSR count). The normalized spacial score (nSPS) is 8.67. The summed E-state index contributed by atoms with van der Waals surface area (Å²) in [7, 11) is 1.03. The van der Waals surface area contributed by atoms with Crippen LogP contribution in [0.2, 0.25) is 0 Å².